The fraction of sp³-hybridized carbons (Fsp3) is 0.105. The number of carbonyl (C=O) groups is 1. The SMILES string of the molecule is O=C(CN=Cc1ccc(OC(F)F)c(O)c1)c1cc(-c2ccc(Cl)cc2Cl)ns1. The molecule has 3 rings (SSSR count). The van der Waals surface area contributed by atoms with Crippen molar-refractivity contribution in [1.29, 1.82) is 0 Å². The van der Waals surface area contributed by atoms with Gasteiger partial charge in [-0.3, -0.25) is 9.79 Å². The zero-order valence-corrected chi connectivity index (χ0v) is 16.8. The number of benzene rings is 2. The van der Waals surface area contributed by atoms with Gasteiger partial charge in [-0.05, 0) is 59.6 Å². The quantitative estimate of drug-likeness (QED) is 0.364. The van der Waals surface area contributed by atoms with Gasteiger partial charge in [0.15, 0.2) is 17.3 Å². The van der Waals surface area contributed by atoms with Gasteiger partial charge in [-0.25, -0.2) is 0 Å². The Kier molecular flexibility index (Phi) is 6.79. The lowest BCUT2D eigenvalue weighted by Crippen LogP contribution is -2.02. The summed E-state index contributed by atoms with van der Waals surface area (Å²) in [5.74, 6) is -1.05. The van der Waals surface area contributed by atoms with Gasteiger partial charge in [0.1, 0.15) is 6.54 Å². The molecule has 0 spiro atoms. The largest absolute Gasteiger partial charge is 0.504 e. The minimum atomic E-state index is -3.04. The zero-order chi connectivity index (χ0) is 21.0. The van der Waals surface area contributed by atoms with Crippen molar-refractivity contribution in [2.45, 2.75) is 6.61 Å². The Balaban J connectivity index is 1.65. The number of halogens is 4. The van der Waals surface area contributed by atoms with Gasteiger partial charge in [0.25, 0.3) is 0 Å². The molecular weight excluding hydrogens is 445 g/mol. The van der Waals surface area contributed by atoms with Crippen LogP contribution in [0.4, 0.5) is 8.78 Å². The monoisotopic (exact) mass is 456 g/mol. The lowest BCUT2D eigenvalue weighted by Gasteiger charge is -2.06. The van der Waals surface area contributed by atoms with Crippen LogP contribution in [0.3, 0.4) is 0 Å². The molecule has 0 fully saturated rings. The van der Waals surface area contributed by atoms with Crippen molar-refractivity contribution in [3.05, 3.63) is 63.0 Å². The summed E-state index contributed by atoms with van der Waals surface area (Å²) >= 11 is 13.1. The number of rotatable bonds is 7. The predicted octanol–water partition coefficient (Wildman–Crippen LogP) is 5.73. The number of nitrogens with zero attached hydrogens (tertiary/aromatic N) is 2. The van der Waals surface area contributed by atoms with Crippen LogP contribution in [0.2, 0.25) is 10.0 Å². The number of alkyl halides is 2. The number of hydrogen-bond acceptors (Lipinski definition) is 6. The summed E-state index contributed by atoms with van der Waals surface area (Å²) < 4.78 is 32.8. The van der Waals surface area contributed by atoms with Crippen molar-refractivity contribution >= 4 is 46.7 Å². The average Bonchev–Trinajstić information content (AvgIpc) is 3.13. The second-order valence-electron chi connectivity index (χ2n) is 5.70. The summed E-state index contributed by atoms with van der Waals surface area (Å²) in [6.45, 7) is -3.18. The molecule has 29 heavy (non-hydrogen) atoms. The minimum absolute atomic E-state index is 0.147. The van der Waals surface area contributed by atoms with E-state index >= 15 is 0 Å². The first-order chi connectivity index (χ1) is 13.8. The van der Waals surface area contributed by atoms with Crippen molar-refractivity contribution in [2.75, 3.05) is 6.54 Å². The summed E-state index contributed by atoms with van der Waals surface area (Å²) in [5.41, 5.74) is 1.65. The van der Waals surface area contributed by atoms with Crippen LogP contribution >= 0.6 is 34.7 Å². The molecule has 1 N–H and O–H groups in total. The highest BCUT2D eigenvalue weighted by molar-refractivity contribution is 7.08. The van der Waals surface area contributed by atoms with Crippen molar-refractivity contribution in [2.24, 2.45) is 4.99 Å². The van der Waals surface area contributed by atoms with Gasteiger partial charge < -0.3 is 9.84 Å². The Morgan fingerprint density at radius 3 is 2.72 bits per heavy atom. The van der Waals surface area contributed by atoms with Gasteiger partial charge in [-0.1, -0.05) is 23.2 Å². The minimum Gasteiger partial charge on any atom is -0.504 e. The molecule has 150 valence electrons. The standard InChI is InChI=1S/C19H12Cl2F2N2O3S/c20-11-2-3-12(13(21)6-11)14-7-18(29-25-14)16(27)9-24-8-10-1-4-17(15(26)5-10)28-19(22)23/h1-8,19,26H,9H2. The molecule has 0 aliphatic heterocycles. The molecule has 0 atom stereocenters. The molecule has 1 heterocycles. The van der Waals surface area contributed by atoms with E-state index in [0.717, 1.165) is 11.5 Å². The molecule has 0 aliphatic rings. The second-order valence-corrected chi connectivity index (χ2v) is 7.35. The number of aliphatic imine (C=N–C) groups is 1. The van der Waals surface area contributed by atoms with E-state index in [1.165, 1.54) is 24.4 Å². The number of carbonyl (C=O) groups excluding carboxylic acids is 1. The first-order valence-corrected chi connectivity index (χ1v) is 9.59. The first kappa shape index (κ1) is 21.2. The normalized spacial score (nSPS) is 11.3. The maximum Gasteiger partial charge on any atom is 0.387 e. The van der Waals surface area contributed by atoms with Crippen LogP contribution in [0.15, 0.2) is 47.5 Å². The second kappa shape index (κ2) is 9.30. The Labute approximate surface area is 178 Å². The zero-order valence-electron chi connectivity index (χ0n) is 14.5. The average molecular weight is 457 g/mol. The third-order valence-corrected chi connectivity index (χ3v) is 5.04. The third-order valence-electron chi connectivity index (χ3n) is 3.67. The van der Waals surface area contributed by atoms with Gasteiger partial charge in [0, 0.05) is 16.8 Å². The lowest BCUT2D eigenvalue weighted by molar-refractivity contribution is -0.0512. The molecule has 3 aromatic rings. The van der Waals surface area contributed by atoms with Crippen LogP contribution in [0, 0.1) is 0 Å². The molecule has 0 saturated carbocycles. The maximum absolute atomic E-state index is 12.3. The predicted molar refractivity (Wildman–Crippen MR) is 109 cm³/mol. The van der Waals surface area contributed by atoms with Crippen LogP contribution in [-0.2, 0) is 0 Å². The fourth-order valence-electron chi connectivity index (χ4n) is 2.35. The van der Waals surface area contributed by atoms with E-state index in [9.17, 15) is 18.7 Å². The molecule has 5 nitrogen and oxygen atoms in total. The van der Waals surface area contributed by atoms with Crippen molar-refractivity contribution in [3.63, 3.8) is 0 Å². The summed E-state index contributed by atoms with van der Waals surface area (Å²) in [4.78, 5) is 16.7. The molecule has 0 radical (unpaired) electrons. The molecule has 0 bridgehead atoms. The highest BCUT2D eigenvalue weighted by Crippen LogP contribution is 2.31. The number of aromatic nitrogens is 1. The number of hydrogen-bond donors (Lipinski definition) is 1. The maximum atomic E-state index is 12.3. The topological polar surface area (TPSA) is 71.8 Å². The molecule has 1 aromatic heterocycles. The van der Waals surface area contributed by atoms with E-state index in [2.05, 4.69) is 14.1 Å². The van der Waals surface area contributed by atoms with E-state index < -0.39 is 12.4 Å². The Morgan fingerprint density at radius 2 is 2.03 bits per heavy atom. The van der Waals surface area contributed by atoms with E-state index in [0.29, 0.717) is 31.7 Å². The summed E-state index contributed by atoms with van der Waals surface area (Å²) in [6.07, 6.45) is 1.35. The summed E-state index contributed by atoms with van der Waals surface area (Å²) in [7, 11) is 0. The molecule has 0 unspecified atom stereocenters. The van der Waals surface area contributed by atoms with E-state index in [4.69, 9.17) is 23.2 Å². The highest BCUT2D eigenvalue weighted by atomic mass is 35.5. The molecule has 0 amide bonds. The van der Waals surface area contributed by atoms with Gasteiger partial charge in [0.05, 0.1) is 15.6 Å². The van der Waals surface area contributed by atoms with Crippen molar-refractivity contribution in [3.8, 4) is 22.8 Å². The number of phenols is 1. The number of Topliss-reactive ketones (excluding diaryl/α,β-unsaturated/α-hetero) is 1. The van der Waals surface area contributed by atoms with Crippen molar-refractivity contribution in [1.82, 2.24) is 4.37 Å². The van der Waals surface area contributed by atoms with Gasteiger partial charge >= 0.3 is 6.61 Å². The Hall–Kier alpha value is -2.55. The smallest absolute Gasteiger partial charge is 0.387 e. The molecule has 0 saturated heterocycles. The Morgan fingerprint density at radius 1 is 1.24 bits per heavy atom. The van der Waals surface area contributed by atoms with Crippen molar-refractivity contribution < 1.29 is 23.4 Å². The van der Waals surface area contributed by atoms with Crippen LogP contribution in [0.25, 0.3) is 11.3 Å². The Bertz CT molecular complexity index is 1070. The number of phenolic OH excluding ortho intramolecular Hbond substituents is 1. The van der Waals surface area contributed by atoms with Crippen LogP contribution in [0.1, 0.15) is 15.2 Å². The lowest BCUT2D eigenvalue weighted by atomic mass is 10.1. The van der Waals surface area contributed by atoms with Gasteiger partial charge in [-0.15, -0.1) is 0 Å². The first-order valence-electron chi connectivity index (χ1n) is 8.06. The number of ether oxygens (including phenoxy) is 1. The van der Waals surface area contributed by atoms with Gasteiger partial charge in [0.2, 0.25) is 0 Å². The van der Waals surface area contributed by atoms with E-state index in [1.54, 1.807) is 24.3 Å². The van der Waals surface area contributed by atoms with Crippen LogP contribution < -0.4 is 4.74 Å². The fourth-order valence-corrected chi connectivity index (χ4v) is 3.54. The number of aromatic hydroxyl groups is 1. The van der Waals surface area contributed by atoms with E-state index in [-0.39, 0.29) is 18.1 Å². The third kappa shape index (κ3) is 5.50. The van der Waals surface area contributed by atoms with Gasteiger partial charge in [-0.2, -0.15) is 13.2 Å². The van der Waals surface area contributed by atoms with Crippen LogP contribution in [0.5, 0.6) is 11.5 Å². The molecule has 0 aliphatic carbocycles. The number of ketones is 1. The van der Waals surface area contributed by atoms with Crippen LogP contribution in [-0.4, -0.2) is 34.6 Å². The molecule has 2 aromatic carbocycles. The molecule has 10 heteroatoms. The highest BCUT2D eigenvalue weighted by Gasteiger charge is 2.14. The summed E-state index contributed by atoms with van der Waals surface area (Å²) in [5, 5.41) is 10.6. The van der Waals surface area contributed by atoms with E-state index in [1.807, 2.05) is 0 Å². The summed E-state index contributed by atoms with van der Waals surface area (Å²) in [6, 6.07) is 10.4. The molecular formula is C19H12Cl2F2N2O3S.